The Balaban J connectivity index is 2.68. The Hall–Kier alpha value is -2.85. The first-order valence-electron chi connectivity index (χ1n) is 14.3. The van der Waals surface area contributed by atoms with Gasteiger partial charge in [-0.15, -0.1) is 0 Å². The summed E-state index contributed by atoms with van der Waals surface area (Å²) in [4.78, 5) is 59.1. The predicted octanol–water partition coefficient (Wildman–Crippen LogP) is -1.61. The summed E-state index contributed by atoms with van der Waals surface area (Å²) in [6.07, 6.45) is 2.14. The molecule has 0 bridgehead atoms. The number of carbonyl (C=O) groups is 5. The number of ether oxygens (including phenoxy) is 5. The molecular formula is C27H49N5O10. The molecule has 0 unspecified atom stereocenters. The summed E-state index contributed by atoms with van der Waals surface area (Å²) >= 11 is 0. The average Bonchev–Trinajstić information content (AvgIpc) is 2.97. The van der Waals surface area contributed by atoms with Crippen molar-refractivity contribution in [2.75, 3.05) is 81.0 Å². The second kappa shape index (κ2) is 21.8. The smallest absolute Gasteiger partial charge is 0.222 e. The van der Waals surface area contributed by atoms with E-state index in [4.69, 9.17) is 23.7 Å². The van der Waals surface area contributed by atoms with Gasteiger partial charge in [-0.3, -0.25) is 24.0 Å². The molecule has 1 saturated carbocycles. The van der Waals surface area contributed by atoms with Gasteiger partial charge < -0.3 is 50.3 Å². The predicted molar refractivity (Wildman–Crippen MR) is 151 cm³/mol. The first kappa shape index (κ1) is 37.2. The highest BCUT2D eigenvalue weighted by molar-refractivity contribution is 5.77. The molecule has 0 aromatic rings. The van der Waals surface area contributed by atoms with E-state index in [2.05, 4.69) is 26.6 Å². The standard InChI is InChI=1S/C27H49N5O10/c1-28-22(33)5-10-38-17-27(18-39-11-6-23(34)29-2,19-40-12-7-24(35)30-3)32-26(37)9-14-42-21-15-20(16-21)41-13-8-25(36)31-4/h20-21H,5-19H2,1-4H3,(H,28,33)(H,29,34)(H,30,35)(H,31,36)(H,32,37). The number of hydrogen-bond donors (Lipinski definition) is 5. The third-order valence-corrected chi connectivity index (χ3v) is 6.49. The van der Waals surface area contributed by atoms with Crippen LogP contribution >= 0.6 is 0 Å². The van der Waals surface area contributed by atoms with Crippen LogP contribution in [0.1, 0.15) is 44.9 Å². The first-order valence-corrected chi connectivity index (χ1v) is 14.3. The van der Waals surface area contributed by atoms with E-state index in [-0.39, 0.29) is 114 Å². The van der Waals surface area contributed by atoms with Crippen LogP contribution in [0, 0.1) is 0 Å². The van der Waals surface area contributed by atoms with Crippen LogP contribution < -0.4 is 26.6 Å². The maximum atomic E-state index is 13.0. The second-order valence-electron chi connectivity index (χ2n) is 9.89. The molecule has 15 nitrogen and oxygen atoms in total. The van der Waals surface area contributed by atoms with E-state index in [1.807, 2.05) is 0 Å². The quantitative estimate of drug-likeness (QED) is 0.0802. The first-order chi connectivity index (χ1) is 20.2. The lowest BCUT2D eigenvalue weighted by atomic mass is 9.92. The fraction of sp³-hybridized carbons (Fsp3) is 0.815. The maximum Gasteiger partial charge on any atom is 0.222 e. The summed E-state index contributed by atoms with van der Waals surface area (Å²) < 4.78 is 28.7. The van der Waals surface area contributed by atoms with Crippen molar-refractivity contribution in [1.29, 1.82) is 0 Å². The molecule has 0 atom stereocenters. The molecule has 1 rings (SSSR count). The fourth-order valence-electron chi connectivity index (χ4n) is 3.81. The Morgan fingerprint density at radius 2 is 0.833 bits per heavy atom. The minimum atomic E-state index is -1.15. The van der Waals surface area contributed by atoms with Crippen molar-refractivity contribution >= 4 is 29.5 Å². The molecule has 0 spiro atoms. The van der Waals surface area contributed by atoms with Crippen molar-refractivity contribution in [1.82, 2.24) is 26.6 Å². The summed E-state index contributed by atoms with van der Waals surface area (Å²) in [5.41, 5.74) is -1.15. The number of hydrogen-bond acceptors (Lipinski definition) is 10. The molecule has 0 saturated heterocycles. The second-order valence-corrected chi connectivity index (χ2v) is 9.89. The van der Waals surface area contributed by atoms with Gasteiger partial charge in [0.2, 0.25) is 29.5 Å². The third kappa shape index (κ3) is 16.6. The molecule has 0 aromatic carbocycles. The van der Waals surface area contributed by atoms with Crippen LogP contribution in [-0.2, 0) is 47.7 Å². The Bertz CT molecular complexity index is 778. The van der Waals surface area contributed by atoms with Crippen molar-refractivity contribution in [2.45, 2.75) is 62.7 Å². The van der Waals surface area contributed by atoms with Gasteiger partial charge >= 0.3 is 0 Å². The van der Waals surface area contributed by atoms with Crippen LogP contribution in [0.5, 0.6) is 0 Å². The highest BCUT2D eigenvalue weighted by Gasteiger charge is 2.35. The zero-order valence-electron chi connectivity index (χ0n) is 25.3. The molecule has 242 valence electrons. The molecule has 0 heterocycles. The van der Waals surface area contributed by atoms with Crippen LogP contribution in [-0.4, -0.2) is 128 Å². The zero-order valence-corrected chi connectivity index (χ0v) is 25.3. The Kier molecular flexibility index (Phi) is 19.3. The van der Waals surface area contributed by atoms with E-state index in [1.165, 1.54) is 21.1 Å². The van der Waals surface area contributed by atoms with Crippen molar-refractivity contribution in [3.63, 3.8) is 0 Å². The molecule has 15 heteroatoms. The summed E-state index contributed by atoms with van der Waals surface area (Å²) in [5.74, 6) is -0.983. The normalized spacial score (nSPS) is 16.2. The van der Waals surface area contributed by atoms with E-state index in [0.29, 0.717) is 25.9 Å². The van der Waals surface area contributed by atoms with Crippen LogP contribution in [0.25, 0.3) is 0 Å². The lowest BCUT2D eigenvalue weighted by Crippen LogP contribution is -2.59. The lowest BCUT2D eigenvalue weighted by Gasteiger charge is -2.35. The van der Waals surface area contributed by atoms with Crippen molar-refractivity contribution in [2.24, 2.45) is 0 Å². The Labute approximate surface area is 247 Å². The van der Waals surface area contributed by atoms with Crippen LogP contribution in [0.2, 0.25) is 0 Å². The van der Waals surface area contributed by atoms with Gasteiger partial charge in [0.1, 0.15) is 5.54 Å². The molecule has 5 N–H and O–H groups in total. The number of carbonyl (C=O) groups excluding carboxylic acids is 5. The van der Waals surface area contributed by atoms with Crippen molar-refractivity contribution in [3.8, 4) is 0 Å². The molecule has 5 amide bonds. The van der Waals surface area contributed by atoms with E-state index in [1.54, 1.807) is 7.05 Å². The SMILES string of the molecule is CNC(=O)CCOCC(COCCC(=O)NC)(COCCC(=O)NC)NC(=O)CCOC1CC(OCCC(=O)NC)C1. The largest absolute Gasteiger partial charge is 0.378 e. The van der Waals surface area contributed by atoms with Gasteiger partial charge in [-0.05, 0) is 12.8 Å². The lowest BCUT2D eigenvalue weighted by molar-refractivity contribution is -0.134. The molecule has 0 aromatic heterocycles. The zero-order chi connectivity index (χ0) is 31.2. The molecule has 0 aliphatic heterocycles. The van der Waals surface area contributed by atoms with E-state index < -0.39 is 5.54 Å². The minimum Gasteiger partial charge on any atom is -0.378 e. The molecule has 1 aliphatic rings. The Morgan fingerprint density at radius 1 is 0.524 bits per heavy atom. The van der Waals surface area contributed by atoms with Gasteiger partial charge in [0.15, 0.2) is 0 Å². The van der Waals surface area contributed by atoms with E-state index >= 15 is 0 Å². The van der Waals surface area contributed by atoms with E-state index in [9.17, 15) is 24.0 Å². The van der Waals surface area contributed by atoms with Gasteiger partial charge in [0.25, 0.3) is 0 Å². The highest BCUT2D eigenvalue weighted by Crippen LogP contribution is 2.26. The van der Waals surface area contributed by atoms with Gasteiger partial charge in [-0.1, -0.05) is 0 Å². The van der Waals surface area contributed by atoms with Gasteiger partial charge in [0.05, 0.1) is 65.1 Å². The topological polar surface area (TPSA) is 192 Å². The monoisotopic (exact) mass is 603 g/mol. The van der Waals surface area contributed by atoms with Crippen molar-refractivity contribution in [3.05, 3.63) is 0 Å². The average molecular weight is 604 g/mol. The number of amides is 5. The summed E-state index contributed by atoms with van der Waals surface area (Å²) in [6.45, 7) is 0.741. The van der Waals surface area contributed by atoms with Gasteiger partial charge in [0, 0.05) is 60.3 Å². The van der Waals surface area contributed by atoms with Gasteiger partial charge in [-0.25, -0.2) is 0 Å². The third-order valence-electron chi connectivity index (χ3n) is 6.49. The molecule has 0 radical (unpaired) electrons. The molecule has 1 fully saturated rings. The molecule has 1 aliphatic carbocycles. The summed E-state index contributed by atoms with van der Waals surface area (Å²) in [5, 5.41) is 13.1. The Morgan fingerprint density at radius 3 is 1.17 bits per heavy atom. The minimum absolute atomic E-state index is 0.0262. The maximum absolute atomic E-state index is 13.0. The van der Waals surface area contributed by atoms with Crippen LogP contribution in [0.15, 0.2) is 0 Å². The van der Waals surface area contributed by atoms with Gasteiger partial charge in [-0.2, -0.15) is 0 Å². The van der Waals surface area contributed by atoms with Crippen LogP contribution in [0.4, 0.5) is 0 Å². The highest BCUT2D eigenvalue weighted by atomic mass is 16.5. The van der Waals surface area contributed by atoms with Crippen LogP contribution in [0.3, 0.4) is 0 Å². The summed E-state index contributed by atoms with van der Waals surface area (Å²) in [7, 11) is 6.16. The van der Waals surface area contributed by atoms with Crippen molar-refractivity contribution < 1.29 is 47.7 Å². The van der Waals surface area contributed by atoms with E-state index in [0.717, 1.165) is 0 Å². The number of rotatable bonds is 24. The summed E-state index contributed by atoms with van der Waals surface area (Å²) in [6, 6.07) is 0. The number of nitrogens with one attached hydrogen (secondary N) is 5. The molecule has 42 heavy (non-hydrogen) atoms. The molecular weight excluding hydrogens is 554 g/mol. The fourth-order valence-corrected chi connectivity index (χ4v) is 3.81.